The third-order valence-corrected chi connectivity index (χ3v) is 4.97. The average molecular weight is 246 g/mol. The first kappa shape index (κ1) is 12.0. The normalized spacial score (nSPS) is 30.9. The topological polar surface area (TPSA) is 66.5 Å². The lowest BCUT2D eigenvalue weighted by Gasteiger charge is -2.33. The molecule has 0 amide bonds. The van der Waals surface area contributed by atoms with Gasteiger partial charge in [-0.2, -0.15) is 0 Å². The SMILES string of the molecule is CNS(=O)(=O)CCN1C2CCC1CC(=O)C2. The van der Waals surface area contributed by atoms with Crippen LogP contribution in [-0.4, -0.2) is 50.5 Å². The van der Waals surface area contributed by atoms with Gasteiger partial charge in [0.05, 0.1) is 5.75 Å². The Labute approximate surface area is 96.2 Å². The van der Waals surface area contributed by atoms with Crippen LogP contribution in [0.5, 0.6) is 0 Å². The Balaban J connectivity index is 1.94. The Morgan fingerprint density at radius 1 is 1.31 bits per heavy atom. The maximum absolute atomic E-state index is 11.4. The number of nitrogens with one attached hydrogen (secondary N) is 1. The van der Waals surface area contributed by atoms with E-state index in [9.17, 15) is 13.2 Å². The van der Waals surface area contributed by atoms with Gasteiger partial charge in [0.15, 0.2) is 0 Å². The van der Waals surface area contributed by atoms with Crippen molar-refractivity contribution in [2.24, 2.45) is 0 Å². The van der Waals surface area contributed by atoms with Crippen molar-refractivity contribution in [3.05, 3.63) is 0 Å². The molecule has 6 heteroatoms. The molecule has 2 bridgehead atoms. The number of piperidine rings is 1. The number of sulfonamides is 1. The summed E-state index contributed by atoms with van der Waals surface area (Å²) in [6.07, 6.45) is 3.29. The van der Waals surface area contributed by atoms with Crippen LogP contribution in [0.25, 0.3) is 0 Å². The molecule has 0 saturated carbocycles. The molecule has 16 heavy (non-hydrogen) atoms. The second kappa shape index (κ2) is 4.43. The predicted octanol–water partition coefficient (Wildman–Crippen LogP) is -0.268. The molecule has 1 N–H and O–H groups in total. The number of ketones is 1. The first-order chi connectivity index (χ1) is 7.52. The van der Waals surface area contributed by atoms with Crippen molar-refractivity contribution in [1.82, 2.24) is 9.62 Å². The molecule has 2 fully saturated rings. The molecule has 0 radical (unpaired) electrons. The van der Waals surface area contributed by atoms with E-state index in [2.05, 4.69) is 9.62 Å². The molecule has 2 heterocycles. The lowest BCUT2D eigenvalue weighted by Crippen LogP contribution is -2.45. The van der Waals surface area contributed by atoms with Gasteiger partial charge in [0.25, 0.3) is 0 Å². The second-order valence-electron chi connectivity index (χ2n) is 4.59. The number of carbonyl (C=O) groups is 1. The van der Waals surface area contributed by atoms with Crippen molar-refractivity contribution in [3.63, 3.8) is 0 Å². The summed E-state index contributed by atoms with van der Waals surface area (Å²) in [4.78, 5) is 13.6. The van der Waals surface area contributed by atoms with Gasteiger partial charge in [-0.1, -0.05) is 0 Å². The Morgan fingerprint density at radius 3 is 2.38 bits per heavy atom. The minimum atomic E-state index is -3.13. The Morgan fingerprint density at radius 2 is 1.88 bits per heavy atom. The number of Topliss-reactive ketones (excluding diaryl/α,β-unsaturated/α-hetero) is 1. The van der Waals surface area contributed by atoms with Gasteiger partial charge in [-0.25, -0.2) is 13.1 Å². The molecule has 2 unspecified atom stereocenters. The summed E-state index contributed by atoms with van der Waals surface area (Å²) >= 11 is 0. The third-order valence-electron chi connectivity index (χ3n) is 3.63. The predicted molar refractivity (Wildman–Crippen MR) is 60.6 cm³/mol. The molecule has 92 valence electrons. The number of carbonyl (C=O) groups excluding carboxylic acids is 1. The highest BCUT2D eigenvalue weighted by atomic mass is 32.2. The molecular weight excluding hydrogens is 228 g/mol. The highest BCUT2D eigenvalue weighted by Gasteiger charge is 2.39. The summed E-state index contributed by atoms with van der Waals surface area (Å²) in [5.41, 5.74) is 0. The lowest BCUT2D eigenvalue weighted by atomic mass is 10.0. The molecule has 0 spiro atoms. The molecule has 2 saturated heterocycles. The Hall–Kier alpha value is -0.460. The van der Waals surface area contributed by atoms with Gasteiger partial charge >= 0.3 is 0 Å². The number of fused-ring (bicyclic) bond motifs is 2. The summed E-state index contributed by atoms with van der Waals surface area (Å²) < 4.78 is 25.0. The van der Waals surface area contributed by atoms with Crippen LogP contribution >= 0.6 is 0 Å². The van der Waals surface area contributed by atoms with Gasteiger partial charge < -0.3 is 0 Å². The van der Waals surface area contributed by atoms with Gasteiger partial charge in [0.2, 0.25) is 10.0 Å². The first-order valence-corrected chi connectivity index (χ1v) is 7.36. The van der Waals surface area contributed by atoms with Crippen LogP contribution in [0.15, 0.2) is 0 Å². The third kappa shape index (κ3) is 2.44. The molecule has 2 aliphatic rings. The van der Waals surface area contributed by atoms with Gasteiger partial charge in [0, 0.05) is 31.5 Å². The van der Waals surface area contributed by atoms with Crippen LogP contribution in [0, 0.1) is 0 Å². The van der Waals surface area contributed by atoms with Gasteiger partial charge in [0.1, 0.15) is 5.78 Å². The molecule has 0 aromatic heterocycles. The van der Waals surface area contributed by atoms with E-state index < -0.39 is 10.0 Å². The van der Waals surface area contributed by atoms with Crippen molar-refractivity contribution < 1.29 is 13.2 Å². The van der Waals surface area contributed by atoms with E-state index in [1.54, 1.807) is 0 Å². The van der Waals surface area contributed by atoms with Crippen molar-refractivity contribution in [3.8, 4) is 0 Å². The highest BCUT2D eigenvalue weighted by molar-refractivity contribution is 7.89. The Kier molecular flexibility index (Phi) is 3.32. The summed E-state index contributed by atoms with van der Waals surface area (Å²) in [5.74, 6) is 0.463. The minimum absolute atomic E-state index is 0.130. The van der Waals surface area contributed by atoms with Crippen LogP contribution in [-0.2, 0) is 14.8 Å². The largest absolute Gasteiger partial charge is 0.300 e. The van der Waals surface area contributed by atoms with Crippen LogP contribution < -0.4 is 4.72 Å². The summed E-state index contributed by atoms with van der Waals surface area (Å²) in [6.45, 7) is 0.547. The van der Waals surface area contributed by atoms with Crippen LogP contribution in [0.3, 0.4) is 0 Å². The first-order valence-electron chi connectivity index (χ1n) is 5.70. The maximum Gasteiger partial charge on any atom is 0.212 e. The number of nitrogens with zero attached hydrogens (tertiary/aromatic N) is 1. The van der Waals surface area contributed by atoms with Crippen molar-refractivity contribution in [1.29, 1.82) is 0 Å². The fraction of sp³-hybridized carbons (Fsp3) is 0.900. The van der Waals surface area contributed by atoms with Crippen LogP contribution in [0.1, 0.15) is 25.7 Å². The maximum atomic E-state index is 11.4. The van der Waals surface area contributed by atoms with E-state index in [0.29, 0.717) is 37.3 Å². The van der Waals surface area contributed by atoms with E-state index in [1.807, 2.05) is 0 Å². The molecule has 0 aromatic rings. The highest BCUT2D eigenvalue weighted by Crippen LogP contribution is 2.33. The molecule has 0 aliphatic carbocycles. The number of hydrogen-bond donors (Lipinski definition) is 1. The Bertz CT molecular complexity index is 364. The molecular formula is C10H18N2O3S. The standard InChI is InChI=1S/C10H18N2O3S/c1-11-16(14,15)5-4-12-8-2-3-9(12)7-10(13)6-8/h8-9,11H,2-7H2,1H3. The number of hydrogen-bond acceptors (Lipinski definition) is 4. The summed E-state index contributed by atoms with van der Waals surface area (Å²) in [7, 11) is -1.69. The quantitative estimate of drug-likeness (QED) is 0.741. The second-order valence-corrected chi connectivity index (χ2v) is 6.64. The zero-order valence-electron chi connectivity index (χ0n) is 9.48. The summed E-state index contributed by atoms with van der Waals surface area (Å²) in [6, 6.07) is 0.580. The smallest absolute Gasteiger partial charge is 0.212 e. The molecule has 5 nitrogen and oxygen atoms in total. The fourth-order valence-electron chi connectivity index (χ4n) is 2.75. The van der Waals surface area contributed by atoms with Crippen molar-refractivity contribution in [2.45, 2.75) is 37.8 Å². The van der Waals surface area contributed by atoms with E-state index in [-0.39, 0.29) is 5.75 Å². The molecule has 0 aromatic carbocycles. The zero-order chi connectivity index (χ0) is 11.8. The monoisotopic (exact) mass is 246 g/mol. The van der Waals surface area contributed by atoms with Crippen LogP contribution in [0.2, 0.25) is 0 Å². The van der Waals surface area contributed by atoms with E-state index in [0.717, 1.165) is 12.8 Å². The molecule has 2 rings (SSSR count). The van der Waals surface area contributed by atoms with E-state index in [1.165, 1.54) is 7.05 Å². The average Bonchev–Trinajstić information content (AvgIpc) is 2.47. The zero-order valence-corrected chi connectivity index (χ0v) is 10.3. The van der Waals surface area contributed by atoms with Gasteiger partial charge in [-0.05, 0) is 19.9 Å². The van der Waals surface area contributed by atoms with Gasteiger partial charge in [-0.3, -0.25) is 9.69 Å². The number of rotatable bonds is 4. The summed E-state index contributed by atoms with van der Waals surface area (Å²) in [5, 5.41) is 0. The molecule has 2 aliphatic heterocycles. The molecule has 2 atom stereocenters. The van der Waals surface area contributed by atoms with E-state index >= 15 is 0 Å². The van der Waals surface area contributed by atoms with E-state index in [4.69, 9.17) is 0 Å². The van der Waals surface area contributed by atoms with Crippen molar-refractivity contribution >= 4 is 15.8 Å². The lowest BCUT2D eigenvalue weighted by molar-refractivity contribution is -0.123. The van der Waals surface area contributed by atoms with Gasteiger partial charge in [-0.15, -0.1) is 0 Å². The fourth-order valence-corrected chi connectivity index (χ4v) is 3.41. The van der Waals surface area contributed by atoms with Crippen molar-refractivity contribution in [2.75, 3.05) is 19.3 Å². The minimum Gasteiger partial charge on any atom is -0.300 e. The van der Waals surface area contributed by atoms with Crippen LogP contribution in [0.4, 0.5) is 0 Å².